The van der Waals surface area contributed by atoms with Gasteiger partial charge in [-0.25, -0.2) is 0 Å². The zero-order chi connectivity index (χ0) is 12.3. The molecule has 1 aromatic rings. The molecule has 17 heavy (non-hydrogen) atoms. The highest BCUT2D eigenvalue weighted by Crippen LogP contribution is 2.37. The molecule has 0 saturated heterocycles. The molecule has 1 fully saturated rings. The number of hydrogen-bond donors (Lipinski definition) is 2. The molecule has 2 heteroatoms. The van der Waals surface area contributed by atoms with Gasteiger partial charge in [-0.15, -0.1) is 0 Å². The van der Waals surface area contributed by atoms with Crippen LogP contribution in [0.2, 0.25) is 0 Å². The molecule has 1 atom stereocenters. The second-order valence-corrected chi connectivity index (χ2v) is 5.23. The number of aliphatic hydroxyl groups is 1. The van der Waals surface area contributed by atoms with Crippen LogP contribution in [-0.4, -0.2) is 23.8 Å². The topological polar surface area (TPSA) is 32.3 Å². The first kappa shape index (κ1) is 12.6. The van der Waals surface area contributed by atoms with E-state index in [4.69, 9.17) is 5.11 Å². The van der Waals surface area contributed by atoms with Crippen molar-refractivity contribution < 1.29 is 5.11 Å². The van der Waals surface area contributed by atoms with Crippen molar-refractivity contribution in [1.82, 2.24) is 5.32 Å². The van der Waals surface area contributed by atoms with Gasteiger partial charge in [-0.1, -0.05) is 36.8 Å². The lowest BCUT2D eigenvalue weighted by Crippen LogP contribution is -2.46. The van der Waals surface area contributed by atoms with Crippen molar-refractivity contribution in [3.63, 3.8) is 0 Å². The smallest absolute Gasteiger partial charge is 0.0584 e. The summed E-state index contributed by atoms with van der Waals surface area (Å²) in [7, 11) is 0. The summed E-state index contributed by atoms with van der Waals surface area (Å²) >= 11 is 0. The van der Waals surface area contributed by atoms with Gasteiger partial charge in [0.05, 0.1) is 6.61 Å². The monoisotopic (exact) mass is 233 g/mol. The van der Waals surface area contributed by atoms with E-state index < -0.39 is 0 Å². The Labute approximate surface area is 104 Å². The highest BCUT2D eigenvalue weighted by atomic mass is 16.3. The number of aryl methyl sites for hydroxylation is 1. The molecule has 0 bridgehead atoms. The largest absolute Gasteiger partial charge is 0.395 e. The summed E-state index contributed by atoms with van der Waals surface area (Å²) < 4.78 is 0. The van der Waals surface area contributed by atoms with Gasteiger partial charge in [-0.05, 0) is 37.7 Å². The first-order chi connectivity index (χ1) is 8.22. The SMILES string of the molecule is CC[C@H](CO)NC1CC(c2cccc(C)c2)C1. The molecule has 0 aliphatic heterocycles. The standard InChI is InChI=1S/C15H23NO/c1-3-14(10-17)16-15-8-13(9-15)12-6-4-5-11(2)7-12/h4-7,13-17H,3,8-10H2,1-2H3/t13?,14-,15?/m1/s1. The lowest BCUT2D eigenvalue weighted by molar-refractivity contribution is 0.193. The third-order valence-corrected chi connectivity index (χ3v) is 3.84. The van der Waals surface area contributed by atoms with Crippen LogP contribution in [-0.2, 0) is 0 Å². The number of aliphatic hydroxyl groups excluding tert-OH is 1. The molecule has 1 aromatic carbocycles. The second kappa shape index (κ2) is 5.65. The van der Waals surface area contributed by atoms with Crippen molar-refractivity contribution in [2.24, 2.45) is 0 Å². The minimum absolute atomic E-state index is 0.252. The molecular weight excluding hydrogens is 210 g/mol. The van der Waals surface area contributed by atoms with Crippen molar-refractivity contribution in [3.8, 4) is 0 Å². The maximum absolute atomic E-state index is 9.15. The Kier molecular flexibility index (Phi) is 4.19. The van der Waals surface area contributed by atoms with Crippen LogP contribution in [0.3, 0.4) is 0 Å². The molecule has 1 aliphatic rings. The van der Waals surface area contributed by atoms with Gasteiger partial charge in [-0.3, -0.25) is 0 Å². The van der Waals surface area contributed by atoms with E-state index in [1.54, 1.807) is 0 Å². The van der Waals surface area contributed by atoms with Crippen LogP contribution in [0.4, 0.5) is 0 Å². The molecule has 2 nitrogen and oxygen atoms in total. The third kappa shape index (κ3) is 3.08. The molecular formula is C15H23NO. The zero-order valence-corrected chi connectivity index (χ0v) is 10.8. The lowest BCUT2D eigenvalue weighted by Gasteiger charge is -2.38. The van der Waals surface area contributed by atoms with Crippen LogP contribution in [0.5, 0.6) is 0 Å². The molecule has 0 unspecified atom stereocenters. The Hall–Kier alpha value is -0.860. The van der Waals surface area contributed by atoms with E-state index in [-0.39, 0.29) is 12.6 Å². The van der Waals surface area contributed by atoms with E-state index in [0.717, 1.165) is 6.42 Å². The van der Waals surface area contributed by atoms with Crippen molar-refractivity contribution >= 4 is 0 Å². The summed E-state index contributed by atoms with van der Waals surface area (Å²) in [5.74, 6) is 0.712. The zero-order valence-electron chi connectivity index (χ0n) is 10.8. The predicted octanol–water partition coefficient (Wildman–Crippen LogP) is 2.60. The van der Waals surface area contributed by atoms with Gasteiger partial charge >= 0.3 is 0 Å². The molecule has 1 saturated carbocycles. The maximum Gasteiger partial charge on any atom is 0.0584 e. The fourth-order valence-electron chi connectivity index (χ4n) is 2.58. The van der Waals surface area contributed by atoms with E-state index in [1.165, 1.54) is 24.0 Å². The van der Waals surface area contributed by atoms with Crippen LogP contribution in [0.1, 0.15) is 43.2 Å². The minimum atomic E-state index is 0.252. The number of nitrogens with one attached hydrogen (secondary N) is 1. The van der Waals surface area contributed by atoms with E-state index in [2.05, 4.69) is 43.4 Å². The van der Waals surface area contributed by atoms with Crippen LogP contribution < -0.4 is 5.32 Å². The first-order valence-corrected chi connectivity index (χ1v) is 6.66. The average Bonchev–Trinajstić information content (AvgIpc) is 2.28. The molecule has 0 spiro atoms. The summed E-state index contributed by atoms with van der Waals surface area (Å²) in [5.41, 5.74) is 2.82. The van der Waals surface area contributed by atoms with Gasteiger partial charge < -0.3 is 10.4 Å². The summed E-state index contributed by atoms with van der Waals surface area (Å²) in [4.78, 5) is 0. The molecule has 0 amide bonds. The van der Waals surface area contributed by atoms with E-state index in [0.29, 0.717) is 12.0 Å². The number of benzene rings is 1. The molecule has 0 aromatic heterocycles. The molecule has 2 rings (SSSR count). The summed E-state index contributed by atoms with van der Waals surface area (Å²) in [6.07, 6.45) is 3.42. The average molecular weight is 233 g/mol. The van der Waals surface area contributed by atoms with Crippen LogP contribution in [0, 0.1) is 6.92 Å². The Bertz CT molecular complexity index is 354. The van der Waals surface area contributed by atoms with Crippen LogP contribution in [0.15, 0.2) is 24.3 Å². The van der Waals surface area contributed by atoms with Gasteiger partial charge in [0.15, 0.2) is 0 Å². The van der Waals surface area contributed by atoms with E-state index >= 15 is 0 Å². The molecule has 1 aliphatic carbocycles. The van der Waals surface area contributed by atoms with Crippen molar-refractivity contribution in [3.05, 3.63) is 35.4 Å². The number of hydrogen-bond acceptors (Lipinski definition) is 2. The normalized spacial score (nSPS) is 25.4. The fraction of sp³-hybridized carbons (Fsp3) is 0.600. The quantitative estimate of drug-likeness (QED) is 0.819. The van der Waals surface area contributed by atoms with Gasteiger partial charge in [0.25, 0.3) is 0 Å². The maximum atomic E-state index is 9.15. The number of rotatable bonds is 5. The third-order valence-electron chi connectivity index (χ3n) is 3.84. The van der Waals surface area contributed by atoms with E-state index in [1.807, 2.05) is 0 Å². The first-order valence-electron chi connectivity index (χ1n) is 6.66. The highest BCUT2D eigenvalue weighted by Gasteiger charge is 2.31. The summed E-state index contributed by atoms with van der Waals surface area (Å²) in [6.45, 7) is 4.52. The van der Waals surface area contributed by atoms with Crippen LogP contribution >= 0.6 is 0 Å². The lowest BCUT2D eigenvalue weighted by atomic mass is 9.75. The summed E-state index contributed by atoms with van der Waals surface area (Å²) in [6, 6.07) is 9.70. The minimum Gasteiger partial charge on any atom is -0.395 e. The molecule has 94 valence electrons. The Morgan fingerprint density at radius 3 is 2.76 bits per heavy atom. The molecule has 0 radical (unpaired) electrons. The predicted molar refractivity (Wildman–Crippen MR) is 71.2 cm³/mol. The van der Waals surface area contributed by atoms with Gasteiger partial charge in [0, 0.05) is 12.1 Å². The summed E-state index contributed by atoms with van der Waals surface area (Å²) in [5, 5.41) is 12.7. The van der Waals surface area contributed by atoms with Gasteiger partial charge in [0.1, 0.15) is 0 Å². The van der Waals surface area contributed by atoms with Crippen molar-refractivity contribution in [2.45, 2.75) is 51.1 Å². The Morgan fingerprint density at radius 1 is 1.41 bits per heavy atom. The van der Waals surface area contributed by atoms with Crippen molar-refractivity contribution in [1.29, 1.82) is 0 Å². The molecule has 0 heterocycles. The van der Waals surface area contributed by atoms with Crippen LogP contribution in [0.25, 0.3) is 0 Å². The van der Waals surface area contributed by atoms with Gasteiger partial charge in [0.2, 0.25) is 0 Å². The highest BCUT2D eigenvalue weighted by molar-refractivity contribution is 5.27. The van der Waals surface area contributed by atoms with Crippen molar-refractivity contribution in [2.75, 3.05) is 6.61 Å². The molecule has 2 N–H and O–H groups in total. The van der Waals surface area contributed by atoms with Gasteiger partial charge in [-0.2, -0.15) is 0 Å². The van der Waals surface area contributed by atoms with E-state index in [9.17, 15) is 0 Å². The second-order valence-electron chi connectivity index (χ2n) is 5.23. The Balaban J connectivity index is 1.82. The fourth-order valence-corrected chi connectivity index (χ4v) is 2.58. The Morgan fingerprint density at radius 2 is 2.18 bits per heavy atom.